The molecule has 240 valence electrons. The molecule has 0 fully saturated rings. The zero-order valence-electron chi connectivity index (χ0n) is 29.2. The Morgan fingerprint density at radius 3 is 0.622 bits per heavy atom. The van der Waals surface area contributed by atoms with Crippen LogP contribution in [0, 0.1) is 24.3 Å². The third-order valence-corrected chi connectivity index (χ3v) is 6.54. The Morgan fingerprint density at radius 2 is 0.489 bits per heavy atom. The van der Waals surface area contributed by atoms with E-state index in [1.165, 1.54) is 22.3 Å². The number of rotatable bonds is 12. The summed E-state index contributed by atoms with van der Waals surface area (Å²) >= 11 is 0. The van der Waals surface area contributed by atoms with E-state index in [4.69, 9.17) is 0 Å². The summed E-state index contributed by atoms with van der Waals surface area (Å²) in [7, 11) is 16.7. The van der Waals surface area contributed by atoms with Gasteiger partial charge < -0.3 is 19.6 Å². The molecular weight excluding hydrogens is 628 g/mol. The van der Waals surface area contributed by atoms with Gasteiger partial charge in [-0.05, 0) is 108 Å². The molecule has 4 nitrogen and oxygen atoms in total. The molecule has 4 aromatic carbocycles. The molecule has 0 aromatic heterocycles. The summed E-state index contributed by atoms with van der Waals surface area (Å²) in [5.74, 6) is 0. The van der Waals surface area contributed by atoms with E-state index in [1.807, 2.05) is 48.5 Å². The largest absolute Gasteiger partial charge is 4.00 e. The fourth-order valence-corrected chi connectivity index (χ4v) is 3.76. The summed E-state index contributed by atoms with van der Waals surface area (Å²) in [4.78, 5) is 8.76. The van der Waals surface area contributed by atoms with Crippen LogP contribution < -0.4 is 0 Å². The van der Waals surface area contributed by atoms with Crippen LogP contribution in [0.15, 0.2) is 97.1 Å². The molecule has 4 aromatic rings. The van der Waals surface area contributed by atoms with Gasteiger partial charge in [-0.1, -0.05) is 0 Å². The third kappa shape index (κ3) is 26.5. The van der Waals surface area contributed by atoms with Crippen LogP contribution in [-0.2, 0) is 51.9 Å². The van der Waals surface area contributed by atoms with Crippen molar-refractivity contribution in [2.45, 2.75) is 25.7 Å². The molecular formula is C40H56N4Zr. The van der Waals surface area contributed by atoms with Crippen LogP contribution in [0.4, 0.5) is 0 Å². The van der Waals surface area contributed by atoms with Gasteiger partial charge in [0.05, 0.1) is 0 Å². The molecule has 0 aliphatic heterocycles. The van der Waals surface area contributed by atoms with Crippen LogP contribution in [0.1, 0.15) is 22.3 Å². The van der Waals surface area contributed by atoms with Crippen molar-refractivity contribution in [3.63, 3.8) is 0 Å². The number of nitrogens with zero attached hydrogens (tertiary/aromatic N) is 4. The van der Waals surface area contributed by atoms with Gasteiger partial charge in [-0.15, -0.1) is 0 Å². The zero-order chi connectivity index (χ0) is 32.4. The molecule has 0 atom stereocenters. The summed E-state index contributed by atoms with van der Waals surface area (Å²) in [6.45, 7) is 4.46. The van der Waals surface area contributed by atoms with E-state index in [2.05, 4.69) is 149 Å². The second kappa shape index (κ2) is 27.9. The van der Waals surface area contributed by atoms with Crippen molar-refractivity contribution in [1.82, 2.24) is 19.6 Å². The van der Waals surface area contributed by atoms with Crippen LogP contribution in [-0.4, -0.2) is 102 Å². The van der Waals surface area contributed by atoms with E-state index < -0.39 is 0 Å². The van der Waals surface area contributed by atoms with Crippen molar-refractivity contribution < 1.29 is 26.2 Å². The Kier molecular flexibility index (Phi) is 26.4. The Labute approximate surface area is 296 Å². The number of likely N-dealkylation sites (N-methyl/N-ethyl adjacent to an activating group) is 4. The first-order valence-electron chi connectivity index (χ1n) is 15.5. The number of hydrogen-bond acceptors (Lipinski definition) is 4. The summed E-state index contributed by atoms with van der Waals surface area (Å²) in [6.07, 6.45) is 4.51. The average Bonchev–Trinajstić information content (AvgIpc) is 3.04. The second-order valence-electron chi connectivity index (χ2n) is 11.8. The fraction of sp³-hybridized carbons (Fsp3) is 0.400. The van der Waals surface area contributed by atoms with Crippen LogP contribution in [0.25, 0.3) is 0 Å². The molecule has 0 bridgehead atoms. The Bertz CT molecular complexity index is 962. The maximum atomic E-state index is 3.01. The standard InChI is InChI=1S/4C10H14N.Zr/c4*1-11(2)9-8-10-6-4-3-5-7-10;/h4*4-7H,8-9H2,1-2H3;/q4*-1;+4. The predicted molar refractivity (Wildman–Crippen MR) is 190 cm³/mol. The van der Waals surface area contributed by atoms with Crippen LogP contribution in [0.3, 0.4) is 0 Å². The molecule has 0 amide bonds. The van der Waals surface area contributed by atoms with Gasteiger partial charge in [-0.25, -0.2) is 0 Å². The van der Waals surface area contributed by atoms with E-state index in [1.54, 1.807) is 0 Å². The van der Waals surface area contributed by atoms with Crippen LogP contribution in [0.5, 0.6) is 0 Å². The molecule has 0 heterocycles. The topological polar surface area (TPSA) is 13.0 Å². The maximum absolute atomic E-state index is 3.01. The number of hydrogen-bond donors (Lipinski definition) is 0. The van der Waals surface area contributed by atoms with Gasteiger partial charge in [0.2, 0.25) is 0 Å². The number of benzene rings is 4. The third-order valence-electron chi connectivity index (χ3n) is 6.54. The van der Waals surface area contributed by atoms with Gasteiger partial charge in [-0.2, -0.15) is 144 Å². The van der Waals surface area contributed by atoms with Crippen molar-refractivity contribution in [2.75, 3.05) is 82.6 Å². The minimum absolute atomic E-state index is 0. The van der Waals surface area contributed by atoms with Crippen molar-refractivity contribution in [2.24, 2.45) is 0 Å². The van der Waals surface area contributed by atoms with Crippen LogP contribution in [0.2, 0.25) is 0 Å². The molecule has 0 radical (unpaired) electrons. The second-order valence-corrected chi connectivity index (χ2v) is 11.8. The zero-order valence-corrected chi connectivity index (χ0v) is 31.6. The molecule has 4 rings (SSSR count). The predicted octanol–water partition coefficient (Wildman–Crippen LogP) is 6.36. The van der Waals surface area contributed by atoms with Gasteiger partial charge in [-0.3, -0.25) is 0 Å². The average molecular weight is 684 g/mol. The van der Waals surface area contributed by atoms with E-state index in [9.17, 15) is 0 Å². The van der Waals surface area contributed by atoms with Crippen molar-refractivity contribution in [1.29, 1.82) is 0 Å². The molecule has 5 heteroatoms. The summed E-state index contributed by atoms with van der Waals surface area (Å²) in [6, 6.07) is 44.7. The van der Waals surface area contributed by atoms with Crippen LogP contribution >= 0.6 is 0 Å². The van der Waals surface area contributed by atoms with Crippen molar-refractivity contribution >= 4 is 0 Å². The van der Waals surface area contributed by atoms with E-state index >= 15 is 0 Å². The SMILES string of the molecule is CN(C)CCc1cc[c-]cc1.CN(C)CCc1cc[c-]cc1.CN(C)CCc1cc[c-]cc1.CN(C)CCc1cc[c-]cc1.[Zr+4]. The first kappa shape index (κ1) is 42.6. The van der Waals surface area contributed by atoms with Gasteiger partial charge in [0.25, 0.3) is 0 Å². The smallest absolute Gasteiger partial charge is 0.309 e. The van der Waals surface area contributed by atoms with Gasteiger partial charge in [0.15, 0.2) is 0 Å². The minimum atomic E-state index is 0. The normalized spacial score (nSPS) is 10.2. The molecule has 0 unspecified atom stereocenters. The maximum Gasteiger partial charge on any atom is 4.00 e. The van der Waals surface area contributed by atoms with E-state index in [-0.39, 0.29) is 26.2 Å². The van der Waals surface area contributed by atoms with E-state index in [0.717, 1.165) is 51.9 Å². The molecule has 45 heavy (non-hydrogen) atoms. The Morgan fingerprint density at radius 1 is 0.333 bits per heavy atom. The monoisotopic (exact) mass is 682 g/mol. The first-order valence-corrected chi connectivity index (χ1v) is 15.5. The fourth-order valence-electron chi connectivity index (χ4n) is 3.76. The van der Waals surface area contributed by atoms with Crippen molar-refractivity contribution in [3.8, 4) is 0 Å². The molecule has 0 spiro atoms. The quantitative estimate of drug-likeness (QED) is 0.161. The summed E-state index contributed by atoms with van der Waals surface area (Å²) in [5.41, 5.74) is 5.55. The Balaban J connectivity index is 0.000000569. The Hall–Kier alpha value is -2.40. The molecule has 0 aliphatic carbocycles. The molecule has 0 aliphatic rings. The molecule has 0 N–H and O–H groups in total. The van der Waals surface area contributed by atoms with E-state index in [0.29, 0.717) is 0 Å². The summed E-state index contributed by atoms with van der Waals surface area (Å²) in [5, 5.41) is 0. The first-order chi connectivity index (χ1) is 21.2. The molecule has 0 saturated carbocycles. The molecule has 0 saturated heterocycles. The van der Waals surface area contributed by atoms with Gasteiger partial charge in [0.1, 0.15) is 0 Å². The summed E-state index contributed by atoms with van der Waals surface area (Å²) < 4.78 is 0. The van der Waals surface area contributed by atoms with Gasteiger partial charge >= 0.3 is 26.2 Å². The van der Waals surface area contributed by atoms with Gasteiger partial charge in [0, 0.05) is 0 Å². The van der Waals surface area contributed by atoms with Crippen molar-refractivity contribution in [3.05, 3.63) is 144 Å². The minimum Gasteiger partial charge on any atom is -0.309 e.